The van der Waals surface area contributed by atoms with Gasteiger partial charge in [0.05, 0.1) is 11.6 Å². The number of amidine groups is 1. The second kappa shape index (κ2) is 11.3. The summed E-state index contributed by atoms with van der Waals surface area (Å²) in [6.07, 6.45) is -2.47. The number of nitrogens with zero attached hydrogens (tertiary/aromatic N) is 3. The van der Waals surface area contributed by atoms with Crippen molar-refractivity contribution in [2.24, 2.45) is 16.3 Å². The third kappa shape index (κ3) is 6.13. The van der Waals surface area contributed by atoms with Crippen LogP contribution in [0, 0.1) is 23.0 Å². The van der Waals surface area contributed by atoms with Crippen molar-refractivity contribution in [1.82, 2.24) is 20.7 Å². The van der Waals surface area contributed by atoms with Gasteiger partial charge in [-0.25, -0.2) is 18.2 Å². The normalized spacial score (nSPS) is 25.2. The summed E-state index contributed by atoms with van der Waals surface area (Å²) in [6, 6.07) is 12.0. The van der Waals surface area contributed by atoms with Crippen molar-refractivity contribution in [2.75, 3.05) is 19.6 Å². The van der Waals surface area contributed by atoms with Gasteiger partial charge >= 0.3 is 0 Å². The molecule has 2 aromatic carbocycles. The van der Waals surface area contributed by atoms with Crippen molar-refractivity contribution in [2.45, 2.75) is 65.1 Å². The quantitative estimate of drug-likeness (QED) is 0.472. The molecule has 7 nitrogen and oxygen atoms in total. The number of hydrogen-bond acceptors (Lipinski definition) is 6. The van der Waals surface area contributed by atoms with Gasteiger partial charge < -0.3 is 20.7 Å². The van der Waals surface area contributed by atoms with E-state index in [0.29, 0.717) is 13.1 Å². The van der Waals surface area contributed by atoms with Crippen molar-refractivity contribution in [3.05, 3.63) is 71.3 Å². The van der Waals surface area contributed by atoms with Crippen molar-refractivity contribution >= 4 is 11.7 Å². The highest BCUT2D eigenvalue weighted by Gasteiger charge is 2.54. The highest BCUT2D eigenvalue weighted by Crippen LogP contribution is 2.41. The molecule has 39 heavy (non-hydrogen) atoms. The molecular formula is C29H38F3N5O2. The van der Waals surface area contributed by atoms with E-state index in [9.17, 15) is 23.1 Å². The number of benzene rings is 2. The van der Waals surface area contributed by atoms with Crippen molar-refractivity contribution in [1.29, 1.82) is 0 Å². The minimum Gasteiger partial charge on any atom is -0.384 e. The van der Waals surface area contributed by atoms with Gasteiger partial charge in [0.25, 0.3) is 5.91 Å². The van der Waals surface area contributed by atoms with Gasteiger partial charge in [0.1, 0.15) is 29.7 Å². The minimum atomic E-state index is -1.33. The zero-order chi connectivity index (χ0) is 28.5. The minimum absolute atomic E-state index is 0.0401. The Morgan fingerprint density at radius 3 is 2.49 bits per heavy atom. The Balaban J connectivity index is 1.86. The third-order valence-corrected chi connectivity index (χ3v) is 7.47. The van der Waals surface area contributed by atoms with E-state index in [0.717, 1.165) is 23.8 Å². The lowest BCUT2D eigenvalue weighted by atomic mass is 9.77. The maximum Gasteiger partial charge on any atom is 0.251 e. The summed E-state index contributed by atoms with van der Waals surface area (Å²) >= 11 is 0. The molecule has 4 rings (SSSR count). The second-order valence-corrected chi connectivity index (χ2v) is 11.7. The molecule has 2 heterocycles. The van der Waals surface area contributed by atoms with Crippen LogP contribution in [0.25, 0.3) is 0 Å². The van der Waals surface area contributed by atoms with Gasteiger partial charge in [-0.15, -0.1) is 0 Å². The van der Waals surface area contributed by atoms with E-state index in [-0.39, 0.29) is 24.5 Å². The summed E-state index contributed by atoms with van der Waals surface area (Å²) in [5.41, 5.74) is 2.22. The van der Waals surface area contributed by atoms with Gasteiger partial charge in [-0.05, 0) is 43.0 Å². The Bertz CT molecular complexity index is 1200. The largest absolute Gasteiger partial charge is 0.384 e. The lowest BCUT2D eigenvalue weighted by Gasteiger charge is -2.51. The first-order valence-corrected chi connectivity index (χ1v) is 13.3. The highest BCUT2D eigenvalue weighted by molar-refractivity contribution is 6.00. The Morgan fingerprint density at radius 1 is 1.21 bits per heavy atom. The molecule has 1 fully saturated rings. The number of carbonyl (C=O) groups excluding carboxylic acids is 1. The molecule has 5 unspecified atom stereocenters. The molecule has 0 aromatic heterocycles. The fraction of sp³-hybridized carbons (Fsp3) is 0.517. The van der Waals surface area contributed by atoms with E-state index in [1.54, 1.807) is 5.01 Å². The average molecular weight is 546 g/mol. The van der Waals surface area contributed by atoms with Gasteiger partial charge in [-0.1, -0.05) is 51.1 Å². The van der Waals surface area contributed by atoms with Crippen LogP contribution in [0.2, 0.25) is 0 Å². The van der Waals surface area contributed by atoms with Gasteiger partial charge in [0, 0.05) is 32.1 Å². The van der Waals surface area contributed by atoms with E-state index in [2.05, 4.69) is 10.7 Å². The summed E-state index contributed by atoms with van der Waals surface area (Å²) in [7, 11) is 0. The SMILES string of the molecule is CC(O)C(=O)N(CC1CNCC1F)C(C(C)(C)C)C1(C)N=C(c2cc(F)ccc2F)NN1Cc1ccccc1. The lowest BCUT2D eigenvalue weighted by molar-refractivity contribution is -0.152. The number of aliphatic imine (C=N–C) groups is 1. The molecule has 0 spiro atoms. The molecule has 0 bridgehead atoms. The molecule has 0 radical (unpaired) electrons. The first kappa shape index (κ1) is 29.0. The van der Waals surface area contributed by atoms with E-state index >= 15 is 0 Å². The maximum atomic E-state index is 14.9. The number of aliphatic hydroxyl groups excluding tert-OH is 1. The molecule has 10 heteroatoms. The Hall–Kier alpha value is -2.95. The molecule has 0 saturated carbocycles. The van der Waals surface area contributed by atoms with Gasteiger partial charge in [0.2, 0.25) is 0 Å². The van der Waals surface area contributed by atoms with Crippen LogP contribution in [0.1, 0.15) is 45.7 Å². The predicted octanol–water partition coefficient (Wildman–Crippen LogP) is 3.63. The highest BCUT2D eigenvalue weighted by atomic mass is 19.1. The van der Waals surface area contributed by atoms with E-state index < -0.39 is 52.9 Å². The van der Waals surface area contributed by atoms with E-state index in [4.69, 9.17) is 4.99 Å². The number of amides is 1. The number of hydrogen-bond donors (Lipinski definition) is 3. The number of halogens is 3. The smallest absolute Gasteiger partial charge is 0.251 e. The van der Waals surface area contributed by atoms with Crippen LogP contribution >= 0.6 is 0 Å². The number of rotatable bonds is 8. The molecule has 3 N–H and O–H groups in total. The summed E-state index contributed by atoms with van der Waals surface area (Å²) in [5, 5.41) is 15.3. The summed E-state index contributed by atoms with van der Waals surface area (Å²) in [4.78, 5) is 20.0. The summed E-state index contributed by atoms with van der Waals surface area (Å²) in [5.74, 6) is -2.15. The first-order chi connectivity index (χ1) is 18.3. The van der Waals surface area contributed by atoms with Crippen molar-refractivity contribution < 1.29 is 23.1 Å². The van der Waals surface area contributed by atoms with Crippen LogP contribution in [0.4, 0.5) is 13.2 Å². The van der Waals surface area contributed by atoms with Crippen LogP contribution in [-0.4, -0.2) is 70.4 Å². The number of hydrazine groups is 1. The van der Waals surface area contributed by atoms with E-state index in [1.165, 1.54) is 11.8 Å². The fourth-order valence-electron chi connectivity index (χ4n) is 5.80. The zero-order valence-electron chi connectivity index (χ0n) is 23.1. The topological polar surface area (TPSA) is 80.2 Å². The Labute approximate surface area is 228 Å². The van der Waals surface area contributed by atoms with Crippen LogP contribution in [-0.2, 0) is 11.3 Å². The molecular weight excluding hydrogens is 507 g/mol. The molecule has 2 aliphatic heterocycles. The van der Waals surface area contributed by atoms with Gasteiger partial charge in [-0.3, -0.25) is 4.79 Å². The van der Waals surface area contributed by atoms with Crippen LogP contribution in [0.3, 0.4) is 0 Å². The third-order valence-electron chi connectivity index (χ3n) is 7.47. The van der Waals surface area contributed by atoms with E-state index in [1.807, 2.05) is 58.0 Å². The van der Waals surface area contributed by atoms with Gasteiger partial charge in [0.15, 0.2) is 5.66 Å². The molecule has 1 saturated heterocycles. The zero-order valence-corrected chi connectivity index (χ0v) is 23.1. The number of alkyl halides is 1. The molecule has 212 valence electrons. The molecule has 1 amide bonds. The van der Waals surface area contributed by atoms with Crippen LogP contribution < -0.4 is 10.7 Å². The first-order valence-electron chi connectivity index (χ1n) is 13.3. The number of nitrogens with one attached hydrogen (secondary N) is 2. The van der Waals surface area contributed by atoms with Crippen molar-refractivity contribution in [3.8, 4) is 0 Å². The second-order valence-electron chi connectivity index (χ2n) is 11.7. The molecule has 2 aromatic rings. The standard InChI is InChI=1S/C29H38F3N5O2/c1-18(38)26(39)36(17-20-14-33-15-24(20)32)27(28(2,3)4)29(5)34-25(22-13-21(30)11-12-23(22)31)35-37(29)16-19-9-7-6-8-10-19/h6-13,18,20,24,27,33,38H,14-17H2,1-5H3,(H,34,35). The van der Waals surface area contributed by atoms with Crippen LogP contribution in [0.15, 0.2) is 53.5 Å². The Morgan fingerprint density at radius 2 is 1.90 bits per heavy atom. The Kier molecular flexibility index (Phi) is 8.39. The molecule has 2 aliphatic rings. The lowest BCUT2D eigenvalue weighted by Crippen LogP contribution is -2.66. The number of aliphatic hydroxyl groups is 1. The monoisotopic (exact) mass is 545 g/mol. The maximum absolute atomic E-state index is 14.9. The predicted molar refractivity (Wildman–Crippen MR) is 144 cm³/mol. The molecule has 5 atom stereocenters. The average Bonchev–Trinajstić information content (AvgIpc) is 3.42. The van der Waals surface area contributed by atoms with Crippen LogP contribution in [0.5, 0.6) is 0 Å². The van der Waals surface area contributed by atoms with Gasteiger partial charge in [-0.2, -0.15) is 5.01 Å². The fourth-order valence-corrected chi connectivity index (χ4v) is 5.80. The summed E-state index contributed by atoms with van der Waals surface area (Å²) in [6.45, 7) is 10.0. The summed E-state index contributed by atoms with van der Waals surface area (Å²) < 4.78 is 43.9. The van der Waals surface area contributed by atoms with Crippen molar-refractivity contribution in [3.63, 3.8) is 0 Å². The number of carbonyl (C=O) groups is 1. The molecule has 0 aliphatic carbocycles.